The summed E-state index contributed by atoms with van der Waals surface area (Å²) >= 11 is 0. The number of rotatable bonds is 5. The number of aromatic carboxylic acids is 1. The first-order valence-corrected chi connectivity index (χ1v) is 7.20. The number of likely N-dealkylation sites (N-methyl/N-ethyl adjacent to an activating group) is 1. The van der Waals surface area contributed by atoms with Crippen LogP contribution in [0, 0.1) is 5.82 Å². The van der Waals surface area contributed by atoms with E-state index in [1.54, 1.807) is 0 Å². The Bertz CT molecular complexity index is 644. The molecule has 0 unspecified atom stereocenters. The number of amides is 1. The molecule has 110 valence electrons. The fraction of sp³-hybridized carbons (Fsp3) is 0.273. The van der Waals surface area contributed by atoms with Crippen LogP contribution in [0.3, 0.4) is 0 Å². The van der Waals surface area contributed by atoms with Crippen molar-refractivity contribution in [1.29, 1.82) is 0 Å². The van der Waals surface area contributed by atoms with Crippen molar-refractivity contribution in [2.75, 3.05) is 25.2 Å². The average Bonchev–Trinajstić information content (AvgIpc) is 2.30. The van der Waals surface area contributed by atoms with Crippen LogP contribution in [0.4, 0.5) is 10.1 Å². The summed E-state index contributed by atoms with van der Waals surface area (Å²) in [5.74, 6) is -2.95. The molecule has 2 N–H and O–H groups in total. The zero-order valence-electron chi connectivity index (χ0n) is 10.8. The highest BCUT2D eigenvalue weighted by Gasteiger charge is 2.16. The third kappa shape index (κ3) is 4.28. The van der Waals surface area contributed by atoms with Crippen LogP contribution in [-0.2, 0) is 14.8 Å². The summed E-state index contributed by atoms with van der Waals surface area (Å²) in [6.07, 6.45) is 0.933. The van der Waals surface area contributed by atoms with E-state index in [-0.39, 0.29) is 11.3 Å². The molecule has 1 aromatic carbocycles. The first-order valence-electron chi connectivity index (χ1n) is 5.35. The Morgan fingerprint density at radius 2 is 2.00 bits per heavy atom. The molecule has 0 saturated carbocycles. The van der Waals surface area contributed by atoms with Gasteiger partial charge in [-0.3, -0.25) is 4.79 Å². The maximum Gasteiger partial charge on any atom is 0.335 e. The van der Waals surface area contributed by atoms with Crippen LogP contribution in [-0.4, -0.2) is 49.6 Å². The second kappa shape index (κ2) is 5.97. The number of hydrogen-bond donors (Lipinski definition) is 2. The van der Waals surface area contributed by atoms with Crippen molar-refractivity contribution in [3.8, 4) is 0 Å². The molecule has 1 amide bonds. The maximum atomic E-state index is 13.5. The van der Waals surface area contributed by atoms with Gasteiger partial charge < -0.3 is 10.4 Å². The molecular formula is C11H13FN2O5S. The van der Waals surface area contributed by atoms with Gasteiger partial charge in [-0.05, 0) is 18.2 Å². The van der Waals surface area contributed by atoms with Crippen molar-refractivity contribution in [2.45, 2.75) is 0 Å². The summed E-state index contributed by atoms with van der Waals surface area (Å²) in [5, 5.41) is 10.8. The molecule has 1 rings (SSSR count). The molecule has 0 aliphatic carbocycles. The predicted molar refractivity (Wildman–Crippen MR) is 69.5 cm³/mol. The molecule has 0 aliphatic heterocycles. The maximum absolute atomic E-state index is 13.5. The lowest BCUT2D eigenvalue weighted by atomic mass is 10.2. The average molecular weight is 304 g/mol. The Morgan fingerprint density at radius 1 is 1.40 bits per heavy atom. The van der Waals surface area contributed by atoms with Gasteiger partial charge in [0, 0.05) is 7.05 Å². The van der Waals surface area contributed by atoms with Gasteiger partial charge in [0.25, 0.3) is 0 Å². The number of carboxylic acid groups (broad SMARTS) is 1. The molecule has 7 nitrogen and oxygen atoms in total. The minimum Gasteiger partial charge on any atom is -0.478 e. The van der Waals surface area contributed by atoms with E-state index in [4.69, 9.17) is 5.11 Å². The standard InChI is InChI=1S/C11H13FN2O5S/c1-14(20(2,18)19)6-10(15)13-9-4-3-7(11(16)17)5-8(9)12/h3-5H,6H2,1-2H3,(H,13,15)(H,16,17). The van der Waals surface area contributed by atoms with E-state index >= 15 is 0 Å². The minimum absolute atomic E-state index is 0.220. The summed E-state index contributed by atoms with van der Waals surface area (Å²) in [6, 6.07) is 2.98. The molecule has 0 atom stereocenters. The topological polar surface area (TPSA) is 104 Å². The number of carbonyl (C=O) groups is 2. The monoisotopic (exact) mass is 304 g/mol. The van der Waals surface area contributed by atoms with E-state index < -0.39 is 34.3 Å². The van der Waals surface area contributed by atoms with Crippen LogP contribution < -0.4 is 5.32 Å². The summed E-state index contributed by atoms with van der Waals surface area (Å²) in [7, 11) is -2.31. The van der Waals surface area contributed by atoms with Gasteiger partial charge in [-0.15, -0.1) is 0 Å². The van der Waals surface area contributed by atoms with E-state index in [0.29, 0.717) is 0 Å². The highest BCUT2D eigenvalue weighted by molar-refractivity contribution is 7.88. The molecular weight excluding hydrogens is 291 g/mol. The zero-order valence-corrected chi connectivity index (χ0v) is 11.6. The molecule has 0 aliphatic rings. The summed E-state index contributed by atoms with van der Waals surface area (Å²) in [4.78, 5) is 22.2. The van der Waals surface area contributed by atoms with E-state index in [1.165, 1.54) is 7.05 Å². The van der Waals surface area contributed by atoms with Gasteiger partial charge in [0.2, 0.25) is 15.9 Å². The number of sulfonamides is 1. The highest BCUT2D eigenvalue weighted by Crippen LogP contribution is 2.15. The van der Waals surface area contributed by atoms with Crippen molar-refractivity contribution in [3.63, 3.8) is 0 Å². The van der Waals surface area contributed by atoms with Gasteiger partial charge in [-0.25, -0.2) is 17.6 Å². The van der Waals surface area contributed by atoms with Crippen LogP contribution in [0.2, 0.25) is 0 Å². The molecule has 0 spiro atoms. The Morgan fingerprint density at radius 3 is 2.45 bits per heavy atom. The van der Waals surface area contributed by atoms with Crippen LogP contribution >= 0.6 is 0 Å². The van der Waals surface area contributed by atoms with E-state index in [9.17, 15) is 22.4 Å². The van der Waals surface area contributed by atoms with Crippen LogP contribution in [0.25, 0.3) is 0 Å². The summed E-state index contributed by atoms with van der Waals surface area (Å²) in [6.45, 7) is -0.473. The number of halogens is 1. The smallest absolute Gasteiger partial charge is 0.335 e. The van der Waals surface area contributed by atoms with Crippen molar-refractivity contribution < 1.29 is 27.5 Å². The number of carboxylic acids is 1. The van der Waals surface area contributed by atoms with E-state index in [0.717, 1.165) is 28.8 Å². The Kier molecular flexibility index (Phi) is 4.79. The van der Waals surface area contributed by atoms with Crippen LogP contribution in [0.15, 0.2) is 18.2 Å². The van der Waals surface area contributed by atoms with Crippen LogP contribution in [0.5, 0.6) is 0 Å². The highest BCUT2D eigenvalue weighted by atomic mass is 32.2. The predicted octanol–water partition coefficient (Wildman–Crippen LogP) is 0.354. The largest absolute Gasteiger partial charge is 0.478 e. The number of benzene rings is 1. The molecule has 0 radical (unpaired) electrons. The number of carbonyl (C=O) groups excluding carboxylic acids is 1. The minimum atomic E-state index is -3.52. The third-order valence-corrected chi connectivity index (χ3v) is 3.68. The van der Waals surface area contributed by atoms with Crippen molar-refractivity contribution in [2.24, 2.45) is 0 Å². The fourth-order valence-electron chi connectivity index (χ4n) is 1.26. The third-order valence-electron chi connectivity index (χ3n) is 2.42. The molecule has 0 saturated heterocycles. The normalized spacial score (nSPS) is 11.4. The lowest BCUT2D eigenvalue weighted by Crippen LogP contribution is -2.34. The van der Waals surface area contributed by atoms with Crippen molar-refractivity contribution in [3.05, 3.63) is 29.6 Å². The molecule has 0 bridgehead atoms. The van der Waals surface area contributed by atoms with Gasteiger partial charge in [0.05, 0.1) is 24.1 Å². The lowest BCUT2D eigenvalue weighted by molar-refractivity contribution is -0.116. The van der Waals surface area contributed by atoms with Gasteiger partial charge in [-0.2, -0.15) is 4.31 Å². The quantitative estimate of drug-likeness (QED) is 0.817. The number of nitrogens with zero attached hydrogens (tertiary/aromatic N) is 1. The molecule has 0 heterocycles. The summed E-state index contributed by atoms with van der Waals surface area (Å²) in [5.41, 5.74) is -0.476. The lowest BCUT2D eigenvalue weighted by Gasteiger charge is -2.14. The van der Waals surface area contributed by atoms with Gasteiger partial charge in [0.15, 0.2) is 0 Å². The number of nitrogens with one attached hydrogen (secondary N) is 1. The summed E-state index contributed by atoms with van der Waals surface area (Å²) < 4.78 is 36.6. The molecule has 0 aromatic heterocycles. The first-order chi connectivity index (χ1) is 9.11. The van der Waals surface area contributed by atoms with Crippen LogP contribution in [0.1, 0.15) is 10.4 Å². The Hall–Kier alpha value is -2.00. The second-order valence-electron chi connectivity index (χ2n) is 4.07. The van der Waals surface area contributed by atoms with E-state index in [2.05, 4.69) is 5.32 Å². The molecule has 1 aromatic rings. The SMILES string of the molecule is CN(CC(=O)Nc1ccc(C(=O)O)cc1F)S(C)(=O)=O. The molecule has 20 heavy (non-hydrogen) atoms. The second-order valence-corrected chi connectivity index (χ2v) is 6.16. The molecule has 9 heteroatoms. The molecule has 0 fully saturated rings. The first kappa shape index (κ1) is 16.1. The van der Waals surface area contributed by atoms with Gasteiger partial charge >= 0.3 is 5.97 Å². The van der Waals surface area contributed by atoms with E-state index in [1.807, 2.05) is 0 Å². The van der Waals surface area contributed by atoms with Crippen molar-refractivity contribution in [1.82, 2.24) is 4.31 Å². The van der Waals surface area contributed by atoms with Gasteiger partial charge in [-0.1, -0.05) is 0 Å². The fourth-order valence-corrected chi connectivity index (χ4v) is 1.61. The van der Waals surface area contributed by atoms with Crippen molar-refractivity contribution >= 4 is 27.6 Å². The van der Waals surface area contributed by atoms with Gasteiger partial charge in [0.1, 0.15) is 5.82 Å². The Labute approximate surface area is 115 Å². The zero-order chi connectivity index (χ0) is 15.5. The number of anilines is 1. The number of hydrogen-bond acceptors (Lipinski definition) is 4. The Balaban J connectivity index is 2.79.